The summed E-state index contributed by atoms with van der Waals surface area (Å²) in [5, 5.41) is 5.07. The molecule has 6 nitrogen and oxygen atoms in total. The average Bonchev–Trinajstić information content (AvgIpc) is 3.06. The van der Waals surface area contributed by atoms with Crippen molar-refractivity contribution in [2.24, 2.45) is 0 Å². The molecular weight excluding hydrogens is 406 g/mol. The topological polar surface area (TPSA) is 69.7 Å². The van der Waals surface area contributed by atoms with Gasteiger partial charge in [0.05, 0.1) is 12.3 Å². The zero-order valence-electron chi connectivity index (χ0n) is 17.0. The van der Waals surface area contributed by atoms with Crippen molar-refractivity contribution < 1.29 is 13.2 Å². The van der Waals surface area contributed by atoms with Gasteiger partial charge in [-0.15, -0.1) is 11.3 Å². The van der Waals surface area contributed by atoms with Gasteiger partial charge in [0.25, 0.3) is 0 Å². The van der Waals surface area contributed by atoms with E-state index in [1.807, 2.05) is 30.3 Å². The van der Waals surface area contributed by atoms with E-state index in [0.29, 0.717) is 13.1 Å². The zero-order chi connectivity index (χ0) is 20.9. The number of carbonyl (C=O) groups excluding carboxylic acids is 1. The molecule has 1 aliphatic rings. The van der Waals surface area contributed by atoms with Crippen LogP contribution in [0, 0.1) is 6.92 Å². The Morgan fingerprint density at radius 3 is 2.55 bits per heavy atom. The third-order valence-corrected chi connectivity index (χ3v) is 7.57. The molecule has 0 radical (unpaired) electrons. The summed E-state index contributed by atoms with van der Waals surface area (Å²) >= 11 is 1.74. The van der Waals surface area contributed by atoms with E-state index >= 15 is 0 Å². The molecule has 0 saturated carbocycles. The quantitative estimate of drug-likeness (QED) is 0.802. The van der Waals surface area contributed by atoms with Crippen molar-refractivity contribution in [3.8, 4) is 0 Å². The minimum Gasteiger partial charge on any atom is -0.355 e. The highest BCUT2D eigenvalue weighted by Crippen LogP contribution is 2.27. The highest BCUT2D eigenvalue weighted by atomic mass is 32.2. The van der Waals surface area contributed by atoms with Gasteiger partial charge in [0.15, 0.2) is 0 Å². The van der Waals surface area contributed by atoms with Crippen molar-refractivity contribution in [2.75, 3.05) is 32.4 Å². The highest BCUT2D eigenvalue weighted by molar-refractivity contribution is 7.88. The lowest BCUT2D eigenvalue weighted by Gasteiger charge is -2.30. The van der Waals surface area contributed by atoms with Crippen LogP contribution in [0.2, 0.25) is 0 Å². The van der Waals surface area contributed by atoms with E-state index in [1.165, 1.54) is 21.0 Å². The molecule has 1 N–H and O–H groups in total. The van der Waals surface area contributed by atoms with Crippen LogP contribution >= 0.6 is 11.3 Å². The number of aryl methyl sites for hydroxylation is 1. The van der Waals surface area contributed by atoms with Gasteiger partial charge in [-0.05, 0) is 42.5 Å². The highest BCUT2D eigenvalue weighted by Gasteiger charge is 2.30. The van der Waals surface area contributed by atoms with E-state index in [2.05, 4.69) is 28.6 Å². The minimum absolute atomic E-state index is 0.123. The summed E-state index contributed by atoms with van der Waals surface area (Å²) in [5.74, 6) is -0.123. The summed E-state index contributed by atoms with van der Waals surface area (Å²) in [4.78, 5) is 16.2. The summed E-state index contributed by atoms with van der Waals surface area (Å²) in [6.07, 6.45) is 2.07. The SMILES string of the molecule is Cc1ccsc1CN1CCCN(S(C)(=O)=O)C(c2ccccc2)CC(=O)NCC1. The molecule has 1 saturated heterocycles. The second-order valence-corrected chi connectivity index (χ2v) is 10.4. The van der Waals surface area contributed by atoms with E-state index in [0.717, 1.165) is 31.6 Å². The molecule has 1 aliphatic heterocycles. The van der Waals surface area contributed by atoms with E-state index in [1.54, 1.807) is 11.3 Å². The number of hydrogen-bond donors (Lipinski definition) is 1. The van der Waals surface area contributed by atoms with Crippen LogP contribution in [0.25, 0.3) is 0 Å². The number of carbonyl (C=O) groups is 1. The maximum absolute atomic E-state index is 12.6. The molecule has 0 spiro atoms. The van der Waals surface area contributed by atoms with Crippen LogP contribution in [0.15, 0.2) is 41.8 Å². The molecule has 1 fully saturated rings. The minimum atomic E-state index is -3.46. The lowest BCUT2D eigenvalue weighted by Crippen LogP contribution is -2.38. The van der Waals surface area contributed by atoms with Crippen molar-refractivity contribution >= 4 is 27.3 Å². The molecule has 1 aromatic heterocycles. The van der Waals surface area contributed by atoms with Gasteiger partial charge in [-0.1, -0.05) is 30.3 Å². The summed E-state index contributed by atoms with van der Waals surface area (Å²) in [5.41, 5.74) is 2.12. The second-order valence-electron chi connectivity index (χ2n) is 7.51. The van der Waals surface area contributed by atoms with Crippen LogP contribution in [-0.2, 0) is 21.4 Å². The van der Waals surface area contributed by atoms with Crippen LogP contribution in [0.1, 0.15) is 34.9 Å². The van der Waals surface area contributed by atoms with Gasteiger partial charge >= 0.3 is 0 Å². The molecule has 158 valence electrons. The van der Waals surface area contributed by atoms with Crippen LogP contribution in [-0.4, -0.2) is 56.0 Å². The number of rotatable bonds is 4. The van der Waals surface area contributed by atoms with Crippen molar-refractivity contribution in [3.05, 3.63) is 57.8 Å². The van der Waals surface area contributed by atoms with Gasteiger partial charge in [0.1, 0.15) is 0 Å². The van der Waals surface area contributed by atoms with E-state index < -0.39 is 16.1 Å². The number of nitrogens with one attached hydrogen (secondary N) is 1. The molecular formula is C21H29N3O3S2. The summed E-state index contributed by atoms with van der Waals surface area (Å²) < 4.78 is 26.7. The van der Waals surface area contributed by atoms with Gasteiger partial charge in [-0.25, -0.2) is 8.42 Å². The first-order valence-corrected chi connectivity index (χ1v) is 12.6. The molecule has 2 heterocycles. The van der Waals surface area contributed by atoms with Crippen LogP contribution in [0.5, 0.6) is 0 Å². The summed E-state index contributed by atoms with van der Waals surface area (Å²) in [6.45, 7) is 5.41. The molecule has 1 aromatic carbocycles. The molecule has 8 heteroatoms. The largest absolute Gasteiger partial charge is 0.355 e. The van der Waals surface area contributed by atoms with Gasteiger partial charge in [-0.3, -0.25) is 9.69 Å². The smallest absolute Gasteiger partial charge is 0.222 e. The number of hydrogen-bond acceptors (Lipinski definition) is 5. The maximum atomic E-state index is 12.6. The second kappa shape index (κ2) is 9.84. The molecule has 29 heavy (non-hydrogen) atoms. The molecule has 1 atom stereocenters. The lowest BCUT2D eigenvalue weighted by molar-refractivity contribution is -0.122. The van der Waals surface area contributed by atoms with Crippen molar-refractivity contribution in [1.29, 1.82) is 0 Å². The number of thiophene rings is 1. The van der Waals surface area contributed by atoms with Gasteiger partial charge < -0.3 is 5.32 Å². The fourth-order valence-corrected chi connectivity index (χ4v) is 5.77. The van der Waals surface area contributed by atoms with E-state index in [-0.39, 0.29) is 12.3 Å². The summed E-state index contributed by atoms with van der Waals surface area (Å²) in [7, 11) is -3.46. The Hall–Kier alpha value is -1.74. The molecule has 0 aliphatic carbocycles. The first-order valence-electron chi connectivity index (χ1n) is 9.88. The average molecular weight is 436 g/mol. The number of amides is 1. The zero-order valence-corrected chi connectivity index (χ0v) is 18.6. The third kappa shape index (κ3) is 6.12. The Labute approximate surface area is 177 Å². The number of nitrogens with zero attached hydrogens (tertiary/aromatic N) is 2. The maximum Gasteiger partial charge on any atom is 0.222 e. The predicted molar refractivity (Wildman–Crippen MR) is 117 cm³/mol. The van der Waals surface area contributed by atoms with Crippen molar-refractivity contribution in [3.63, 3.8) is 0 Å². The molecule has 1 unspecified atom stereocenters. The van der Waals surface area contributed by atoms with Crippen LogP contribution in [0.3, 0.4) is 0 Å². The van der Waals surface area contributed by atoms with E-state index in [9.17, 15) is 13.2 Å². The Morgan fingerprint density at radius 2 is 1.90 bits per heavy atom. The first-order chi connectivity index (χ1) is 13.8. The molecule has 3 rings (SSSR count). The van der Waals surface area contributed by atoms with Crippen LogP contribution < -0.4 is 5.32 Å². The van der Waals surface area contributed by atoms with Gasteiger partial charge in [0, 0.05) is 37.5 Å². The standard InChI is InChI=1S/C21H29N3O3S2/c1-17-9-14-28-20(17)16-23-11-6-12-24(29(2,26)27)19(15-21(25)22-10-13-23)18-7-4-3-5-8-18/h3-5,7-9,14,19H,6,10-13,15-16H2,1-2H3,(H,22,25). The molecule has 0 bridgehead atoms. The third-order valence-electron chi connectivity index (χ3n) is 5.28. The first kappa shape index (κ1) is 22.0. The van der Waals surface area contributed by atoms with Crippen molar-refractivity contribution in [1.82, 2.24) is 14.5 Å². The fourth-order valence-electron chi connectivity index (χ4n) is 3.70. The normalized spacial score (nSPS) is 20.8. The Kier molecular flexibility index (Phi) is 7.45. The number of benzene rings is 1. The Bertz CT molecular complexity index is 912. The lowest BCUT2D eigenvalue weighted by atomic mass is 10.0. The predicted octanol–water partition coefficient (Wildman–Crippen LogP) is 2.77. The van der Waals surface area contributed by atoms with Gasteiger partial charge in [0.2, 0.25) is 15.9 Å². The van der Waals surface area contributed by atoms with Gasteiger partial charge in [-0.2, -0.15) is 4.31 Å². The monoisotopic (exact) mass is 435 g/mol. The van der Waals surface area contributed by atoms with E-state index in [4.69, 9.17) is 0 Å². The molecule has 1 amide bonds. The molecule has 2 aromatic rings. The summed E-state index contributed by atoms with van der Waals surface area (Å²) in [6, 6.07) is 11.1. The Morgan fingerprint density at radius 1 is 1.14 bits per heavy atom. The van der Waals surface area contributed by atoms with Crippen LogP contribution in [0.4, 0.5) is 0 Å². The fraction of sp³-hybridized carbons (Fsp3) is 0.476. The number of sulfonamides is 1. The Balaban J connectivity index is 1.82. The van der Waals surface area contributed by atoms with Crippen molar-refractivity contribution in [2.45, 2.75) is 32.4 Å².